The molecular formula is C7H17ClO5. The highest BCUT2D eigenvalue weighted by molar-refractivity contribution is 5.85. The molecule has 6 heteroatoms. The summed E-state index contributed by atoms with van der Waals surface area (Å²) >= 11 is 0. The van der Waals surface area contributed by atoms with E-state index in [1.54, 1.807) is 6.92 Å². The Kier molecular flexibility index (Phi) is 39.3. The van der Waals surface area contributed by atoms with E-state index in [4.69, 9.17) is 15.0 Å². The standard InChI is InChI=1S/C4H8O2.C2H4O2.CH4O.ClH/c1-3-6-4(2)5;1-2(3)4;1-2;/h3H2,1-2H3;1H3,(H,3,4);2H,1H3;1H. The predicted octanol–water partition coefficient (Wildman–Crippen LogP) is 0.691. The first-order valence-electron chi connectivity index (χ1n) is 3.28. The van der Waals surface area contributed by atoms with Crippen molar-refractivity contribution in [3.63, 3.8) is 0 Å². The van der Waals surface area contributed by atoms with E-state index in [1.165, 1.54) is 6.92 Å². The van der Waals surface area contributed by atoms with Crippen LogP contribution in [0.15, 0.2) is 0 Å². The molecule has 0 aliphatic heterocycles. The molecule has 0 aromatic heterocycles. The second-order valence-corrected chi connectivity index (χ2v) is 1.44. The Labute approximate surface area is 84.1 Å². The summed E-state index contributed by atoms with van der Waals surface area (Å²) in [6.07, 6.45) is 0. The van der Waals surface area contributed by atoms with Crippen LogP contribution in [-0.4, -0.2) is 35.9 Å². The molecule has 0 rings (SSSR count). The molecule has 0 saturated heterocycles. The molecule has 5 nitrogen and oxygen atoms in total. The van der Waals surface area contributed by atoms with Gasteiger partial charge in [-0.15, -0.1) is 12.4 Å². The van der Waals surface area contributed by atoms with Gasteiger partial charge in [0.25, 0.3) is 5.97 Å². The Morgan fingerprint density at radius 3 is 1.46 bits per heavy atom. The number of aliphatic hydroxyl groups is 1. The largest absolute Gasteiger partial charge is 0.481 e. The number of rotatable bonds is 1. The molecule has 0 saturated carbocycles. The van der Waals surface area contributed by atoms with E-state index in [-0.39, 0.29) is 18.4 Å². The maximum atomic E-state index is 9.82. The number of ether oxygens (including phenoxy) is 1. The molecule has 2 N–H and O–H groups in total. The zero-order valence-electron chi connectivity index (χ0n) is 8.23. The lowest BCUT2D eigenvalue weighted by molar-refractivity contribution is -0.140. The average Bonchev–Trinajstić information content (AvgIpc) is 1.90. The van der Waals surface area contributed by atoms with Gasteiger partial charge in [-0.3, -0.25) is 9.59 Å². The molecule has 13 heavy (non-hydrogen) atoms. The molecule has 0 fully saturated rings. The molecule has 0 unspecified atom stereocenters. The quantitative estimate of drug-likeness (QED) is 0.630. The smallest absolute Gasteiger partial charge is 0.302 e. The summed E-state index contributed by atoms with van der Waals surface area (Å²) in [5.74, 6) is -1.04. The lowest BCUT2D eigenvalue weighted by Gasteiger charge is -1.89. The molecular weight excluding hydrogens is 200 g/mol. The van der Waals surface area contributed by atoms with Gasteiger partial charge in [0.2, 0.25) is 0 Å². The maximum absolute atomic E-state index is 9.82. The molecule has 0 spiro atoms. The van der Waals surface area contributed by atoms with Gasteiger partial charge in [0.05, 0.1) is 6.61 Å². The molecule has 0 aromatic rings. The van der Waals surface area contributed by atoms with Crippen molar-refractivity contribution in [2.45, 2.75) is 20.8 Å². The third-order valence-electron chi connectivity index (χ3n) is 0.348. The Morgan fingerprint density at radius 1 is 1.23 bits per heavy atom. The second kappa shape index (κ2) is 22.5. The van der Waals surface area contributed by atoms with Crippen LogP contribution in [0.4, 0.5) is 0 Å². The number of hydrogen-bond donors (Lipinski definition) is 2. The fraction of sp³-hybridized carbons (Fsp3) is 0.714. The molecule has 0 amide bonds. The topological polar surface area (TPSA) is 83.8 Å². The Bertz CT molecular complexity index is 111. The normalized spacial score (nSPS) is 5.92. The van der Waals surface area contributed by atoms with Crippen LogP contribution in [0.25, 0.3) is 0 Å². The summed E-state index contributed by atoms with van der Waals surface area (Å²) < 4.78 is 4.40. The lowest BCUT2D eigenvalue weighted by atomic mass is 10.8. The summed E-state index contributed by atoms with van der Waals surface area (Å²) in [5, 5.41) is 14.4. The summed E-state index contributed by atoms with van der Waals surface area (Å²) in [4.78, 5) is 18.8. The summed E-state index contributed by atoms with van der Waals surface area (Å²) in [7, 11) is 1.00. The fourth-order valence-electron chi connectivity index (χ4n) is 0.203. The number of carbonyl (C=O) groups is 2. The highest BCUT2D eigenvalue weighted by Crippen LogP contribution is 1.69. The summed E-state index contributed by atoms with van der Waals surface area (Å²) in [5.41, 5.74) is 0. The van der Waals surface area contributed by atoms with Crippen LogP contribution in [0.5, 0.6) is 0 Å². The Morgan fingerprint density at radius 2 is 1.46 bits per heavy atom. The van der Waals surface area contributed by atoms with Gasteiger partial charge in [0.1, 0.15) is 0 Å². The van der Waals surface area contributed by atoms with Crippen molar-refractivity contribution in [2.75, 3.05) is 13.7 Å². The SMILES string of the molecule is CC(=O)O.CCOC(C)=O.CO.Cl. The second-order valence-electron chi connectivity index (χ2n) is 1.44. The van der Waals surface area contributed by atoms with Crippen LogP contribution in [0.3, 0.4) is 0 Å². The van der Waals surface area contributed by atoms with Crippen LogP contribution >= 0.6 is 12.4 Å². The van der Waals surface area contributed by atoms with Gasteiger partial charge in [0.15, 0.2) is 0 Å². The van der Waals surface area contributed by atoms with Gasteiger partial charge in [-0.25, -0.2) is 0 Å². The molecule has 82 valence electrons. The first kappa shape index (κ1) is 22.8. The van der Waals surface area contributed by atoms with Crippen molar-refractivity contribution < 1.29 is 24.5 Å². The fourth-order valence-corrected chi connectivity index (χ4v) is 0.203. The Hall–Kier alpha value is -0.810. The third-order valence-corrected chi connectivity index (χ3v) is 0.348. The molecule has 0 aliphatic rings. The Balaban J connectivity index is -0.0000000512. The van der Waals surface area contributed by atoms with Gasteiger partial charge in [0, 0.05) is 21.0 Å². The maximum Gasteiger partial charge on any atom is 0.302 e. The van der Waals surface area contributed by atoms with Crippen molar-refractivity contribution in [3.05, 3.63) is 0 Å². The van der Waals surface area contributed by atoms with Crippen LogP contribution in [0.1, 0.15) is 20.8 Å². The minimum Gasteiger partial charge on any atom is -0.481 e. The van der Waals surface area contributed by atoms with Gasteiger partial charge in [-0.05, 0) is 6.92 Å². The van der Waals surface area contributed by atoms with Gasteiger partial charge < -0.3 is 14.9 Å². The van der Waals surface area contributed by atoms with Crippen molar-refractivity contribution in [1.82, 2.24) is 0 Å². The van der Waals surface area contributed by atoms with E-state index in [9.17, 15) is 4.79 Å². The third kappa shape index (κ3) is 197. The molecule has 0 bridgehead atoms. The number of halogens is 1. The minimum atomic E-state index is -0.833. The van der Waals surface area contributed by atoms with Crippen LogP contribution in [-0.2, 0) is 14.3 Å². The molecule has 0 aliphatic carbocycles. The van der Waals surface area contributed by atoms with E-state index >= 15 is 0 Å². The monoisotopic (exact) mass is 216 g/mol. The number of carboxylic acids is 1. The number of aliphatic carboxylic acids is 1. The van der Waals surface area contributed by atoms with Crippen LogP contribution < -0.4 is 0 Å². The van der Waals surface area contributed by atoms with Crippen molar-refractivity contribution in [2.24, 2.45) is 0 Å². The van der Waals surface area contributed by atoms with Crippen LogP contribution in [0, 0.1) is 0 Å². The van der Waals surface area contributed by atoms with E-state index in [0.717, 1.165) is 14.0 Å². The van der Waals surface area contributed by atoms with Crippen molar-refractivity contribution >= 4 is 24.3 Å². The van der Waals surface area contributed by atoms with Crippen LogP contribution in [0.2, 0.25) is 0 Å². The average molecular weight is 217 g/mol. The van der Waals surface area contributed by atoms with E-state index < -0.39 is 5.97 Å². The molecule has 0 aromatic carbocycles. The lowest BCUT2D eigenvalue weighted by Crippen LogP contribution is -1.95. The predicted molar refractivity (Wildman–Crippen MR) is 51.0 cm³/mol. The highest BCUT2D eigenvalue weighted by atomic mass is 35.5. The zero-order chi connectivity index (χ0) is 10.6. The van der Waals surface area contributed by atoms with Gasteiger partial charge in [-0.2, -0.15) is 0 Å². The minimum absolute atomic E-state index is 0. The molecule has 0 heterocycles. The highest BCUT2D eigenvalue weighted by Gasteiger charge is 1.81. The number of hydrogen-bond acceptors (Lipinski definition) is 4. The number of carboxylic acid groups (broad SMARTS) is 1. The summed E-state index contributed by atoms with van der Waals surface area (Å²) in [6.45, 7) is 4.74. The van der Waals surface area contributed by atoms with E-state index in [1.807, 2.05) is 0 Å². The van der Waals surface area contributed by atoms with E-state index in [2.05, 4.69) is 4.74 Å². The molecule has 0 radical (unpaired) electrons. The zero-order valence-corrected chi connectivity index (χ0v) is 9.05. The van der Waals surface area contributed by atoms with Crippen molar-refractivity contribution in [1.29, 1.82) is 0 Å². The number of carbonyl (C=O) groups excluding carboxylic acids is 1. The first-order chi connectivity index (χ1) is 5.50. The van der Waals surface area contributed by atoms with Gasteiger partial charge in [-0.1, -0.05) is 0 Å². The number of esters is 1. The summed E-state index contributed by atoms with van der Waals surface area (Å²) in [6, 6.07) is 0. The first-order valence-corrected chi connectivity index (χ1v) is 3.28. The molecule has 0 atom stereocenters. The number of aliphatic hydroxyl groups excluding tert-OH is 1. The van der Waals surface area contributed by atoms with Crippen molar-refractivity contribution in [3.8, 4) is 0 Å². The van der Waals surface area contributed by atoms with Gasteiger partial charge >= 0.3 is 5.97 Å². The van der Waals surface area contributed by atoms with E-state index in [0.29, 0.717) is 6.61 Å².